The lowest BCUT2D eigenvalue weighted by Gasteiger charge is -2.30. The van der Waals surface area contributed by atoms with Gasteiger partial charge in [-0.05, 0) is 78.8 Å². The third-order valence-corrected chi connectivity index (χ3v) is 7.57. The van der Waals surface area contributed by atoms with E-state index in [4.69, 9.17) is 4.74 Å². The average Bonchev–Trinajstić information content (AvgIpc) is 3.22. The number of aliphatic hydroxyl groups excluding tert-OH is 1. The summed E-state index contributed by atoms with van der Waals surface area (Å²) in [6.07, 6.45) is 6.85. The number of piperidine rings is 1. The van der Waals surface area contributed by atoms with Crippen LogP contribution in [0.25, 0.3) is 5.76 Å². The lowest BCUT2D eigenvalue weighted by molar-refractivity contribution is -0.132. The minimum Gasteiger partial charge on any atom is -0.507 e. The van der Waals surface area contributed by atoms with Crippen LogP contribution >= 0.6 is 0 Å². The van der Waals surface area contributed by atoms with Gasteiger partial charge in [0.2, 0.25) is 0 Å². The van der Waals surface area contributed by atoms with Crippen molar-refractivity contribution in [3.05, 3.63) is 89.3 Å². The number of rotatable bonds is 5. The van der Waals surface area contributed by atoms with Crippen molar-refractivity contribution in [1.29, 1.82) is 0 Å². The standard InChI is InChI=1S/C32H35N3O4/c1-32(2,3)25-19-21(10-15-26(25)39-4)29(36)27-28(22-9-8-16-33-20-22)35(31(38)30(27)37)24-13-11-23(12-14-24)34-17-6-5-7-18-34/h8-16,19-20,28,36H,5-7,17-18H2,1-4H3/b29-27-. The third-order valence-electron chi connectivity index (χ3n) is 7.57. The van der Waals surface area contributed by atoms with Crippen LogP contribution in [0.4, 0.5) is 11.4 Å². The van der Waals surface area contributed by atoms with E-state index in [2.05, 4.69) is 30.7 Å². The van der Waals surface area contributed by atoms with E-state index in [-0.39, 0.29) is 16.7 Å². The number of ether oxygens (including phenoxy) is 1. The van der Waals surface area contributed by atoms with Crippen LogP contribution in [0, 0.1) is 0 Å². The Kier molecular flexibility index (Phi) is 7.17. The topological polar surface area (TPSA) is 83.0 Å². The van der Waals surface area contributed by atoms with E-state index in [1.165, 1.54) is 24.2 Å². The molecule has 0 saturated carbocycles. The highest BCUT2D eigenvalue weighted by Gasteiger charge is 2.47. The van der Waals surface area contributed by atoms with E-state index < -0.39 is 17.7 Å². The van der Waals surface area contributed by atoms with Gasteiger partial charge in [0.1, 0.15) is 11.5 Å². The van der Waals surface area contributed by atoms with Gasteiger partial charge in [0.05, 0.1) is 18.7 Å². The van der Waals surface area contributed by atoms with Gasteiger partial charge in [-0.15, -0.1) is 0 Å². The maximum absolute atomic E-state index is 13.5. The van der Waals surface area contributed by atoms with Crippen LogP contribution in [0.5, 0.6) is 5.75 Å². The van der Waals surface area contributed by atoms with Gasteiger partial charge in [-0.3, -0.25) is 19.5 Å². The van der Waals surface area contributed by atoms with E-state index in [9.17, 15) is 14.7 Å². The van der Waals surface area contributed by atoms with E-state index in [1.54, 1.807) is 37.7 Å². The number of anilines is 2. The van der Waals surface area contributed by atoms with Gasteiger partial charge < -0.3 is 14.7 Å². The second kappa shape index (κ2) is 10.6. The quantitative estimate of drug-likeness (QED) is 0.250. The van der Waals surface area contributed by atoms with Gasteiger partial charge in [-0.25, -0.2) is 0 Å². The monoisotopic (exact) mass is 525 g/mol. The number of hydrogen-bond donors (Lipinski definition) is 1. The second-order valence-corrected chi connectivity index (χ2v) is 11.2. The van der Waals surface area contributed by atoms with Gasteiger partial charge in [-0.2, -0.15) is 0 Å². The third kappa shape index (κ3) is 5.01. The number of aromatic nitrogens is 1. The molecule has 2 saturated heterocycles. The zero-order chi connectivity index (χ0) is 27.7. The van der Waals surface area contributed by atoms with Crippen LogP contribution in [0.1, 0.15) is 62.8 Å². The Morgan fingerprint density at radius 2 is 1.67 bits per heavy atom. The second-order valence-electron chi connectivity index (χ2n) is 11.2. The van der Waals surface area contributed by atoms with Crippen LogP contribution in [-0.2, 0) is 15.0 Å². The molecule has 1 atom stereocenters. The van der Waals surface area contributed by atoms with Crippen LogP contribution in [0.2, 0.25) is 0 Å². The summed E-state index contributed by atoms with van der Waals surface area (Å²) < 4.78 is 5.55. The largest absolute Gasteiger partial charge is 0.507 e. The van der Waals surface area contributed by atoms with E-state index in [0.29, 0.717) is 22.6 Å². The molecular formula is C32H35N3O4. The smallest absolute Gasteiger partial charge is 0.300 e. The highest BCUT2D eigenvalue weighted by molar-refractivity contribution is 6.51. The summed E-state index contributed by atoms with van der Waals surface area (Å²) in [5.41, 5.74) is 3.44. The molecule has 1 aromatic heterocycles. The molecule has 3 aromatic rings. The number of benzene rings is 2. The number of carbonyl (C=O) groups is 2. The fraction of sp³-hybridized carbons (Fsp3) is 0.344. The summed E-state index contributed by atoms with van der Waals surface area (Å²) in [7, 11) is 1.61. The molecule has 3 heterocycles. The Morgan fingerprint density at radius 3 is 2.28 bits per heavy atom. The maximum Gasteiger partial charge on any atom is 0.300 e. The highest BCUT2D eigenvalue weighted by Crippen LogP contribution is 2.43. The number of amides is 1. The Labute approximate surface area is 229 Å². The number of pyridine rings is 1. The molecule has 0 radical (unpaired) electrons. The lowest BCUT2D eigenvalue weighted by atomic mass is 9.84. The molecule has 0 aliphatic carbocycles. The predicted molar refractivity (Wildman–Crippen MR) is 153 cm³/mol. The first-order valence-electron chi connectivity index (χ1n) is 13.5. The lowest BCUT2D eigenvalue weighted by Crippen LogP contribution is -2.30. The Bertz CT molecular complexity index is 1400. The molecule has 5 rings (SSSR count). The van der Waals surface area contributed by atoms with Crippen molar-refractivity contribution in [3.63, 3.8) is 0 Å². The molecule has 0 bridgehead atoms. The Morgan fingerprint density at radius 1 is 0.974 bits per heavy atom. The van der Waals surface area contributed by atoms with Gasteiger partial charge in [0.25, 0.3) is 11.7 Å². The Balaban J connectivity index is 1.61. The number of Topliss-reactive ketones (excluding diaryl/α,β-unsaturated/α-hetero) is 1. The Hall–Kier alpha value is -4.13. The zero-order valence-electron chi connectivity index (χ0n) is 23.0. The molecule has 7 nitrogen and oxygen atoms in total. The van der Waals surface area contributed by atoms with Crippen LogP contribution in [0.15, 0.2) is 72.6 Å². The molecule has 202 valence electrons. The van der Waals surface area contributed by atoms with Crippen LogP contribution in [-0.4, -0.2) is 42.0 Å². The summed E-state index contributed by atoms with van der Waals surface area (Å²) in [6, 6.07) is 15.8. The molecule has 2 aliphatic heterocycles. The normalized spacial score (nSPS) is 19.4. The van der Waals surface area contributed by atoms with Gasteiger partial charge in [0.15, 0.2) is 0 Å². The summed E-state index contributed by atoms with van der Waals surface area (Å²) in [4.78, 5) is 35.1. The summed E-state index contributed by atoms with van der Waals surface area (Å²) in [5.74, 6) is -0.935. The van der Waals surface area contributed by atoms with Crippen molar-refractivity contribution in [3.8, 4) is 5.75 Å². The van der Waals surface area contributed by atoms with Gasteiger partial charge in [0, 0.05) is 48.0 Å². The number of nitrogens with zero attached hydrogens (tertiary/aromatic N) is 3. The molecule has 1 N–H and O–H groups in total. The number of carbonyl (C=O) groups excluding carboxylic acids is 2. The van der Waals surface area contributed by atoms with Crippen molar-refractivity contribution in [1.82, 2.24) is 4.98 Å². The van der Waals surface area contributed by atoms with Crippen LogP contribution in [0.3, 0.4) is 0 Å². The molecule has 1 unspecified atom stereocenters. The van der Waals surface area contributed by atoms with Crippen molar-refractivity contribution in [2.45, 2.75) is 51.5 Å². The number of ketones is 1. The molecule has 39 heavy (non-hydrogen) atoms. The number of methoxy groups -OCH3 is 1. The van der Waals surface area contributed by atoms with Crippen molar-refractivity contribution in [2.24, 2.45) is 0 Å². The fourth-order valence-electron chi connectivity index (χ4n) is 5.52. The number of aliphatic hydroxyl groups is 1. The minimum absolute atomic E-state index is 0.0399. The van der Waals surface area contributed by atoms with Gasteiger partial charge in [-0.1, -0.05) is 26.8 Å². The molecule has 2 aliphatic rings. The molecule has 0 spiro atoms. The molecular weight excluding hydrogens is 490 g/mol. The predicted octanol–water partition coefficient (Wildman–Crippen LogP) is 6.00. The maximum atomic E-state index is 13.5. The van der Waals surface area contributed by atoms with E-state index in [1.807, 2.05) is 36.4 Å². The summed E-state index contributed by atoms with van der Waals surface area (Å²) in [5, 5.41) is 11.6. The first kappa shape index (κ1) is 26.5. The highest BCUT2D eigenvalue weighted by atomic mass is 16.5. The number of hydrogen-bond acceptors (Lipinski definition) is 6. The minimum atomic E-state index is -0.820. The first-order valence-corrected chi connectivity index (χ1v) is 13.5. The van der Waals surface area contributed by atoms with Gasteiger partial charge >= 0.3 is 0 Å². The van der Waals surface area contributed by atoms with Crippen LogP contribution < -0.4 is 14.5 Å². The average molecular weight is 526 g/mol. The first-order chi connectivity index (χ1) is 18.7. The SMILES string of the molecule is COc1ccc(/C(O)=C2/C(=O)C(=O)N(c3ccc(N4CCCCC4)cc3)C2c2cccnc2)cc1C(C)(C)C. The molecule has 2 aromatic carbocycles. The molecule has 2 fully saturated rings. The van der Waals surface area contributed by atoms with Crippen molar-refractivity contribution in [2.75, 3.05) is 30.0 Å². The molecule has 7 heteroatoms. The van der Waals surface area contributed by atoms with E-state index >= 15 is 0 Å². The fourth-order valence-corrected chi connectivity index (χ4v) is 5.52. The van der Waals surface area contributed by atoms with Crippen molar-refractivity contribution >= 4 is 28.8 Å². The van der Waals surface area contributed by atoms with Crippen molar-refractivity contribution < 1.29 is 19.4 Å². The zero-order valence-corrected chi connectivity index (χ0v) is 23.0. The summed E-state index contributed by atoms with van der Waals surface area (Å²) in [6.45, 7) is 8.18. The van der Waals surface area contributed by atoms with E-state index in [0.717, 1.165) is 24.3 Å². The molecule has 1 amide bonds. The summed E-state index contributed by atoms with van der Waals surface area (Å²) >= 11 is 0.